The van der Waals surface area contributed by atoms with E-state index in [0.29, 0.717) is 0 Å². The number of halogens is 1. The Morgan fingerprint density at radius 3 is 2.19 bits per heavy atom. The van der Waals surface area contributed by atoms with Crippen molar-refractivity contribution in [2.75, 3.05) is 6.61 Å². The van der Waals surface area contributed by atoms with Crippen molar-refractivity contribution in [1.82, 2.24) is 0 Å². The summed E-state index contributed by atoms with van der Waals surface area (Å²) in [6.45, 7) is 6.43. The van der Waals surface area contributed by atoms with Crippen LogP contribution in [0.25, 0.3) is 0 Å². The summed E-state index contributed by atoms with van der Waals surface area (Å²) >= 11 is 5.87. The highest BCUT2D eigenvalue weighted by Crippen LogP contribution is 2.13. The lowest BCUT2D eigenvalue weighted by Gasteiger charge is -1.99. The monoisotopic (exact) mass is 242 g/mol. The van der Waals surface area contributed by atoms with Gasteiger partial charge in [0, 0.05) is 5.03 Å². The summed E-state index contributed by atoms with van der Waals surface area (Å²) in [6, 6.07) is 0. The molecule has 0 saturated carbocycles. The average Bonchev–Trinajstić information content (AvgIpc) is 2.17. The molecule has 0 heterocycles. The van der Waals surface area contributed by atoms with Crippen LogP contribution in [0.1, 0.15) is 46.5 Å². The third-order valence-corrected chi connectivity index (χ3v) is 2.62. The first-order valence-electron chi connectivity index (χ1n) is 5.80. The van der Waals surface area contributed by atoms with Crippen molar-refractivity contribution in [2.24, 2.45) is 0 Å². The van der Waals surface area contributed by atoms with Gasteiger partial charge in [0.15, 0.2) is 0 Å². The van der Waals surface area contributed by atoms with Gasteiger partial charge in [0.05, 0.1) is 6.61 Å². The van der Waals surface area contributed by atoms with Gasteiger partial charge in [-0.2, -0.15) is 0 Å². The van der Waals surface area contributed by atoms with Crippen LogP contribution in [-0.4, -0.2) is 11.7 Å². The summed E-state index contributed by atoms with van der Waals surface area (Å²) < 4.78 is 0. The molecular weight excluding hydrogens is 220 g/mol. The Balaban J connectivity index is 3.79. The van der Waals surface area contributed by atoms with Gasteiger partial charge in [-0.1, -0.05) is 34.9 Å². The van der Waals surface area contributed by atoms with Crippen molar-refractivity contribution in [3.8, 4) is 0 Å². The second-order valence-corrected chi connectivity index (χ2v) is 4.73. The van der Waals surface area contributed by atoms with Gasteiger partial charge in [-0.05, 0) is 52.5 Å². The first kappa shape index (κ1) is 15.5. The molecule has 1 N–H and O–H groups in total. The summed E-state index contributed by atoms with van der Waals surface area (Å²) in [7, 11) is 0. The molecule has 0 radical (unpaired) electrons. The summed E-state index contributed by atoms with van der Waals surface area (Å²) in [5.41, 5.74) is 2.78. The normalized spacial score (nSPS) is 12.8. The van der Waals surface area contributed by atoms with Crippen molar-refractivity contribution in [2.45, 2.75) is 46.5 Å². The molecule has 0 aromatic carbocycles. The largest absolute Gasteiger partial charge is 0.392 e. The van der Waals surface area contributed by atoms with E-state index in [4.69, 9.17) is 16.7 Å². The third-order valence-electron chi connectivity index (χ3n) is 2.28. The molecule has 0 saturated heterocycles. The molecule has 0 unspecified atom stereocenters. The van der Waals surface area contributed by atoms with Crippen molar-refractivity contribution in [3.63, 3.8) is 0 Å². The summed E-state index contributed by atoms with van der Waals surface area (Å²) in [4.78, 5) is 0. The Morgan fingerprint density at radius 1 is 1.00 bits per heavy atom. The highest BCUT2D eigenvalue weighted by atomic mass is 35.5. The number of hydrogen-bond acceptors (Lipinski definition) is 1. The highest BCUT2D eigenvalue weighted by Gasteiger charge is 1.92. The van der Waals surface area contributed by atoms with Gasteiger partial charge in [0.2, 0.25) is 0 Å². The molecular formula is C14H23ClO. The van der Waals surface area contributed by atoms with Crippen molar-refractivity contribution in [1.29, 1.82) is 0 Å². The van der Waals surface area contributed by atoms with Crippen LogP contribution in [0.4, 0.5) is 0 Å². The van der Waals surface area contributed by atoms with Gasteiger partial charge in [0.25, 0.3) is 0 Å². The highest BCUT2D eigenvalue weighted by molar-refractivity contribution is 6.29. The molecule has 0 aliphatic carbocycles. The second kappa shape index (κ2) is 9.68. The molecule has 0 aliphatic rings. The molecule has 0 aromatic rings. The molecule has 0 bridgehead atoms. The molecule has 0 amide bonds. The lowest BCUT2D eigenvalue weighted by Crippen LogP contribution is -1.81. The predicted octanol–water partition coefficient (Wildman–Crippen LogP) is 4.57. The van der Waals surface area contributed by atoms with Crippen LogP contribution in [0, 0.1) is 0 Å². The van der Waals surface area contributed by atoms with E-state index in [1.165, 1.54) is 11.1 Å². The summed E-state index contributed by atoms with van der Waals surface area (Å²) in [5.74, 6) is 0. The zero-order valence-corrected chi connectivity index (χ0v) is 11.3. The van der Waals surface area contributed by atoms with E-state index in [2.05, 4.69) is 32.9 Å². The quantitative estimate of drug-likeness (QED) is 0.649. The number of aliphatic hydroxyl groups is 1. The molecule has 0 rings (SSSR count). The first-order chi connectivity index (χ1) is 7.56. The van der Waals surface area contributed by atoms with Gasteiger partial charge in [-0.3, -0.25) is 0 Å². The molecule has 2 heteroatoms. The summed E-state index contributed by atoms with van der Waals surface area (Å²) in [5, 5.41) is 9.38. The molecule has 0 atom stereocenters. The van der Waals surface area contributed by atoms with Crippen molar-refractivity contribution < 1.29 is 5.11 Å². The maximum absolute atomic E-state index is 8.63. The Kier molecular flexibility index (Phi) is 9.36. The summed E-state index contributed by atoms with van der Waals surface area (Å²) in [6.07, 6.45) is 10.1. The van der Waals surface area contributed by atoms with Crippen LogP contribution >= 0.6 is 11.6 Å². The maximum Gasteiger partial charge on any atom is 0.0626 e. The Hall–Kier alpha value is -0.530. The van der Waals surface area contributed by atoms with Crippen LogP contribution < -0.4 is 0 Å². The van der Waals surface area contributed by atoms with Crippen molar-refractivity contribution in [3.05, 3.63) is 34.4 Å². The van der Waals surface area contributed by atoms with Gasteiger partial charge < -0.3 is 5.11 Å². The van der Waals surface area contributed by atoms with E-state index in [1.54, 1.807) is 6.08 Å². The second-order valence-electron chi connectivity index (χ2n) is 4.24. The number of allylic oxidation sites excluding steroid dienone is 5. The standard InChI is InChI=1S/C14H23ClO/c1-12(2)6-4-7-13(3)8-5-9-14(15)10-11-16/h6,8,10,16H,4-5,7,9,11H2,1-3H3. The smallest absolute Gasteiger partial charge is 0.0626 e. The number of aliphatic hydroxyl groups excluding tert-OH is 1. The molecule has 16 heavy (non-hydrogen) atoms. The molecule has 92 valence electrons. The van der Waals surface area contributed by atoms with E-state index in [0.717, 1.165) is 30.7 Å². The molecule has 0 aromatic heterocycles. The molecule has 0 aliphatic heterocycles. The minimum absolute atomic E-state index is 0.0299. The lowest BCUT2D eigenvalue weighted by molar-refractivity contribution is 0.342. The Bertz CT molecular complexity index is 270. The first-order valence-corrected chi connectivity index (χ1v) is 6.18. The van der Waals surface area contributed by atoms with Crippen LogP contribution in [0.2, 0.25) is 0 Å². The predicted molar refractivity (Wildman–Crippen MR) is 72.7 cm³/mol. The molecule has 1 nitrogen and oxygen atoms in total. The maximum atomic E-state index is 8.63. The third kappa shape index (κ3) is 10.0. The fourth-order valence-corrected chi connectivity index (χ4v) is 1.53. The SMILES string of the molecule is CC(C)=CCCC(C)=CCCC(Cl)=CCO. The Labute approximate surface area is 105 Å². The van der Waals surface area contributed by atoms with E-state index in [1.807, 2.05) is 0 Å². The van der Waals surface area contributed by atoms with E-state index < -0.39 is 0 Å². The Morgan fingerprint density at radius 2 is 1.62 bits per heavy atom. The van der Waals surface area contributed by atoms with Crippen LogP contribution in [0.3, 0.4) is 0 Å². The average molecular weight is 243 g/mol. The van der Waals surface area contributed by atoms with Gasteiger partial charge in [-0.25, -0.2) is 0 Å². The number of rotatable bonds is 7. The molecule has 0 spiro atoms. The topological polar surface area (TPSA) is 20.2 Å². The lowest BCUT2D eigenvalue weighted by atomic mass is 10.1. The van der Waals surface area contributed by atoms with Gasteiger partial charge in [-0.15, -0.1) is 0 Å². The minimum atomic E-state index is 0.0299. The number of hydrogen-bond donors (Lipinski definition) is 1. The van der Waals surface area contributed by atoms with Crippen LogP contribution in [0.15, 0.2) is 34.4 Å². The fourth-order valence-electron chi connectivity index (χ4n) is 1.35. The van der Waals surface area contributed by atoms with Gasteiger partial charge in [0.1, 0.15) is 0 Å². The van der Waals surface area contributed by atoms with E-state index in [-0.39, 0.29) is 6.61 Å². The fraction of sp³-hybridized carbons (Fsp3) is 0.571. The zero-order chi connectivity index (χ0) is 12.4. The molecule has 0 fully saturated rings. The van der Waals surface area contributed by atoms with Crippen LogP contribution in [0.5, 0.6) is 0 Å². The zero-order valence-electron chi connectivity index (χ0n) is 10.6. The van der Waals surface area contributed by atoms with E-state index in [9.17, 15) is 0 Å². The van der Waals surface area contributed by atoms with Gasteiger partial charge >= 0.3 is 0 Å². The van der Waals surface area contributed by atoms with Crippen LogP contribution in [-0.2, 0) is 0 Å². The minimum Gasteiger partial charge on any atom is -0.392 e. The van der Waals surface area contributed by atoms with E-state index >= 15 is 0 Å². The van der Waals surface area contributed by atoms with Crippen molar-refractivity contribution >= 4 is 11.6 Å².